The van der Waals surface area contributed by atoms with Gasteiger partial charge in [-0.3, -0.25) is 0 Å². The van der Waals surface area contributed by atoms with Crippen LogP contribution in [0.3, 0.4) is 0 Å². The van der Waals surface area contributed by atoms with E-state index in [1.807, 2.05) is 24.3 Å². The first-order valence-electron chi connectivity index (χ1n) is 6.89. The Morgan fingerprint density at radius 3 is 1.43 bits per heavy atom. The predicted molar refractivity (Wildman–Crippen MR) is 86.4 cm³/mol. The van der Waals surface area contributed by atoms with Gasteiger partial charge in [0.1, 0.15) is 11.5 Å². The van der Waals surface area contributed by atoms with Crippen molar-refractivity contribution in [2.45, 2.75) is 26.7 Å². The minimum atomic E-state index is -3.71. The van der Waals surface area contributed by atoms with Gasteiger partial charge in [-0.1, -0.05) is 38.1 Å². The lowest BCUT2D eigenvalue weighted by Crippen LogP contribution is -1.95. The second-order valence-electron chi connectivity index (χ2n) is 4.61. The van der Waals surface area contributed by atoms with Crippen LogP contribution in [0.4, 0.5) is 0 Å². The number of hydrogen-bond donors (Lipinski definition) is 0. The van der Waals surface area contributed by atoms with E-state index in [9.17, 15) is 4.57 Å². The van der Waals surface area contributed by atoms with E-state index in [1.54, 1.807) is 24.3 Å². The Morgan fingerprint density at radius 2 is 1.14 bits per heavy atom. The Bertz CT molecular complexity index is 569. The molecule has 2 aromatic rings. The maximum absolute atomic E-state index is 12.2. The smallest absolute Gasteiger partial charge is 0.405 e. The van der Waals surface area contributed by atoms with Gasteiger partial charge in [-0.2, -0.15) is 0 Å². The van der Waals surface area contributed by atoms with Gasteiger partial charge in [0.05, 0.1) is 0 Å². The molecular weight excluding hydrogens is 307 g/mol. The molecule has 0 fully saturated rings. The molecule has 0 bridgehead atoms. The van der Waals surface area contributed by atoms with E-state index in [-0.39, 0.29) is 0 Å². The molecule has 0 amide bonds. The van der Waals surface area contributed by atoms with Gasteiger partial charge in [0.25, 0.3) is 0 Å². The summed E-state index contributed by atoms with van der Waals surface area (Å²) in [5.74, 6) is 0.853. The number of benzene rings is 2. The van der Waals surface area contributed by atoms with E-state index in [4.69, 9.17) is 20.3 Å². The normalized spacial score (nSPS) is 11.2. The first kappa shape index (κ1) is 15.9. The number of hydrogen-bond acceptors (Lipinski definition) is 3. The first-order chi connectivity index (χ1) is 10.0. The summed E-state index contributed by atoms with van der Waals surface area (Å²) in [5.41, 5.74) is 2.34. The molecule has 21 heavy (non-hydrogen) atoms. The molecule has 112 valence electrons. The molecule has 2 aromatic carbocycles. The molecule has 0 aliphatic rings. The topological polar surface area (TPSA) is 35.5 Å². The fraction of sp³-hybridized carbons (Fsp3) is 0.250. The summed E-state index contributed by atoms with van der Waals surface area (Å²) in [6.45, 7) is 0.411. The van der Waals surface area contributed by atoms with Crippen LogP contribution < -0.4 is 9.05 Å². The summed E-state index contributed by atoms with van der Waals surface area (Å²) in [6.07, 6.45) is 1.86. The molecule has 0 unspecified atom stereocenters. The van der Waals surface area contributed by atoms with E-state index < -0.39 is 6.95 Å². The molecule has 5 heteroatoms. The average Bonchev–Trinajstić information content (AvgIpc) is 2.48. The summed E-state index contributed by atoms with van der Waals surface area (Å²) < 4.78 is 22.7. The Labute approximate surface area is 130 Å². The van der Waals surface area contributed by atoms with Gasteiger partial charge in [-0.05, 0) is 48.2 Å². The monoisotopic (exact) mass is 324 g/mol. The molecule has 0 atom stereocenters. The van der Waals surface area contributed by atoms with Crippen molar-refractivity contribution >= 4 is 18.2 Å². The molecule has 0 spiro atoms. The van der Waals surface area contributed by atoms with Crippen molar-refractivity contribution < 1.29 is 13.6 Å². The molecule has 3 nitrogen and oxygen atoms in total. The van der Waals surface area contributed by atoms with Crippen molar-refractivity contribution in [2.24, 2.45) is 0 Å². The van der Waals surface area contributed by atoms with Gasteiger partial charge in [-0.25, -0.2) is 4.57 Å². The van der Waals surface area contributed by atoms with Crippen LogP contribution in [0.25, 0.3) is 0 Å². The molecule has 2 rings (SSSR count). The molecule has 0 heterocycles. The van der Waals surface area contributed by atoms with Gasteiger partial charge >= 0.3 is 6.95 Å². The van der Waals surface area contributed by atoms with Gasteiger partial charge in [0.2, 0.25) is 0 Å². The van der Waals surface area contributed by atoms with Gasteiger partial charge in [-0.15, -0.1) is 0 Å². The van der Waals surface area contributed by atoms with Crippen LogP contribution >= 0.6 is 18.2 Å². The highest BCUT2D eigenvalue weighted by Crippen LogP contribution is 2.53. The molecule has 0 aliphatic heterocycles. The third-order valence-electron chi connectivity index (χ3n) is 3.09. The highest BCUT2D eigenvalue weighted by Gasteiger charge is 2.24. The summed E-state index contributed by atoms with van der Waals surface area (Å²) in [7, 11) is 0. The van der Waals surface area contributed by atoms with E-state index >= 15 is 0 Å². The van der Waals surface area contributed by atoms with Crippen molar-refractivity contribution in [3.63, 3.8) is 0 Å². The number of halogens is 1. The summed E-state index contributed by atoms with van der Waals surface area (Å²) in [4.78, 5) is 0. The zero-order valence-corrected chi connectivity index (χ0v) is 13.7. The van der Waals surface area contributed by atoms with Crippen molar-refractivity contribution in [1.29, 1.82) is 0 Å². The lowest BCUT2D eigenvalue weighted by atomic mass is 10.2. The quantitative estimate of drug-likeness (QED) is 0.647. The maximum Gasteiger partial charge on any atom is 0.530 e. The molecule has 0 radical (unpaired) electrons. The third-order valence-corrected chi connectivity index (χ3v) is 4.36. The first-order valence-corrected chi connectivity index (χ1v) is 9.34. The molecule has 0 saturated heterocycles. The lowest BCUT2D eigenvalue weighted by Gasteiger charge is -2.14. The van der Waals surface area contributed by atoms with Crippen LogP contribution in [0.2, 0.25) is 0 Å². The second-order valence-corrected chi connectivity index (χ2v) is 7.08. The molecule has 0 N–H and O–H groups in total. The van der Waals surface area contributed by atoms with Gasteiger partial charge in [0, 0.05) is 11.2 Å². The summed E-state index contributed by atoms with van der Waals surface area (Å²) in [6, 6.07) is 14.6. The van der Waals surface area contributed by atoms with Crippen molar-refractivity contribution in [3.05, 3.63) is 59.7 Å². The van der Waals surface area contributed by atoms with Crippen molar-refractivity contribution in [1.82, 2.24) is 0 Å². The molecule has 0 aromatic heterocycles. The highest BCUT2D eigenvalue weighted by atomic mass is 35.7. The Morgan fingerprint density at radius 1 is 0.810 bits per heavy atom. The fourth-order valence-electron chi connectivity index (χ4n) is 1.84. The fourth-order valence-corrected chi connectivity index (χ4v) is 3.10. The summed E-state index contributed by atoms with van der Waals surface area (Å²) >= 11 is 5.86. The van der Waals surface area contributed by atoms with Crippen LogP contribution in [-0.4, -0.2) is 0 Å². The standard InChI is InChI=1S/C16H18ClO3P/c1-3-13-5-9-15(10-6-13)19-21(17,18)20-16-11-7-14(4-2)8-12-16/h5-12H,3-4H2,1-2H3. The molecule has 0 saturated carbocycles. The van der Waals surface area contributed by atoms with E-state index in [1.165, 1.54) is 11.1 Å². The highest BCUT2D eigenvalue weighted by molar-refractivity contribution is 7.82. The van der Waals surface area contributed by atoms with Crippen LogP contribution in [-0.2, 0) is 17.4 Å². The van der Waals surface area contributed by atoms with Crippen LogP contribution in [0.15, 0.2) is 48.5 Å². The maximum atomic E-state index is 12.2. The zero-order valence-electron chi connectivity index (χ0n) is 12.1. The van der Waals surface area contributed by atoms with E-state index in [2.05, 4.69) is 13.8 Å². The Hall–Kier alpha value is -1.44. The van der Waals surface area contributed by atoms with Gasteiger partial charge in [0.15, 0.2) is 0 Å². The Kier molecular flexibility index (Phi) is 5.33. The minimum Gasteiger partial charge on any atom is -0.405 e. The van der Waals surface area contributed by atoms with E-state index in [0.29, 0.717) is 11.5 Å². The van der Waals surface area contributed by atoms with Gasteiger partial charge < -0.3 is 9.05 Å². The molecular formula is C16H18ClO3P. The van der Waals surface area contributed by atoms with Crippen LogP contribution in [0.1, 0.15) is 25.0 Å². The van der Waals surface area contributed by atoms with Crippen molar-refractivity contribution in [2.75, 3.05) is 0 Å². The minimum absolute atomic E-state index is 0.427. The van der Waals surface area contributed by atoms with Crippen LogP contribution in [0, 0.1) is 0 Å². The average molecular weight is 325 g/mol. The van der Waals surface area contributed by atoms with Crippen LogP contribution in [0.5, 0.6) is 11.5 Å². The third kappa shape index (κ3) is 4.80. The second kappa shape index (κ2) is 7.02. The summed E-state index contributed by atoms with van der Waals surface area (Å²) in [5, 5.41) is 0. The zero-order chi connectivity index (χ0) is 15.3. The lowest BCUT2D eigenvalue weighted by molar-refractivity contribution is 0.406. The predicted octanol–water partition coefficient (Wildman–Crippen LogP) is 5.62. The SMILES string of the molecule is CCc1ccc(OP(=O)(Cl)Oc2ccc(CC)cc2)cc1. The largest absolute Gasteiger partial charge is 0.530 e. The Balaban J connectivity index is 2.04. The number of aryl methyl sites for hydroxylation is 2. The van der Waals surface area contributed by atoms with E-state index in [0.717, 1.165) is 12.8 Å². The number of rotatable bonds is 6. The van der Waals surface area contributed by atoms with Crippen molar-refractivity contribution in [3.8, 4) is 11.5 Å². The molecule has 0 aliphatic carbocycles.